The second-order valence-electron chi connectivity index (χ2n) is 8.45. The second-order valence-corrected chi connectivity index (χ2v) is 8.45. The number of aromatic nitrogens is 2. The van der Waals surface area contributed by atoms with Crippen LogP contribution >= 0.6 is 0 Å². The maximum atomic E-state index is 12.8. The molecule has 0 radical (unpaired) electrons. The van der Waals surface area contributed by atoms with E-state index in [-0.39, 0.29) is 17.4 Å². The number of anilines is 1. The Balaban J connectivity index is 1.84. The molecule has 28 heavy (non-hydrogen) atoms. The van der Waals surface area contributed by atoms with Crippen LogP contribution in [0.5, 0.6) is 0 Å². The minimum atomic E-state index is -0.785. The summed E-state index contributed by atoms with van der Waals surface area (Å²) in [7, 11) is 0. The highest BCUT2D eigenvalue weighted by Gasteiger charge is 2.28. The van der Waals surface area contributed by atoms with E-state index in [1.807, 2.05) is 37.3 Å². The molecule has 0 aliphatic carbocycles. The van der Waals surface area contributed by atoms with Gasteiger partial charge in [-0.3, -0.25) is 10.1 Å². The number of hydrogen-bond donors (Lipinski definition) is 2. The number of urea groups is 1. The number of nitrogens with one attached hydrogen (secondary N) is 1. The van der Waals surface area contributed by atoms with E-state index >= 15 is 0 Å². The molecule has 1 saturated heterocycles. The third kappa shape index (κ3) is 4.35. The first-order chi connectivity index (χ1) is 13.1. The number of aryl methyl sites for hydroxylation is 1. The Morgan fingerprint density at radius 2 is 1.86 bits per heavy atom. The first-order valence-electron chi connectivity index (χ1n) is 9.61. The summed E-state index contributed by atoms with van der Waals surface area (Å²) in [5.74, 6) is -0.539. The molecule has 1 aromatic heterocycles. The van der Waals surface area contributed by atoms with Gasteiger partial charge in [0.15, 0.2) is 0 Å². The maximum Gasteiger partial charge on any atom is 0.323 e. The van der Waals surface area contributed by atoms with Crippen LogP contribution in [0.1, 0.15) is 44.9 Å². The van der Waals surface area contributed by atoms with Crippen molar-refractivity contribution in [2.45, 2.75) is 46.0 Å². The SMILES string of the molecule is Cc1cccc(-n2nc(C(C)(C)C)cc2NC(=O)N2CCC(C(=O)O)CC2)c1. The number of likely N-dealkylation sites (tertiary alicyclic amines) is 1. The molecule has 1 aromatic carbocycles. The van der Waals surface area contributed by atoms with Gasteiger partial charge in [0, 0.05) is 24.6 Å². The number of amides is 2. The Morgan fingerprint density at radius 3 is 2.43 bits per heavy atom. The van der Waals surface area contributed by atoms with E-state index in [4.69, 9.17) is 10.2 Å². The molecule has 1 aliphatic rings. The van der Waals surface area contributed by atoms with Crippen molar-refractivity contribution in [2.24, 2.45) is 5.92 Å². The minimum Gasteiger partial charge on any atom is -0.481 e. The molecular weight excluding hydrogens is 356 g/mol. The third-order valence-corrected chi connectivity index (χ3v) is 5.09. The Kier molecular flexibility index (Phi) is 5.45. The number of benzene rings is 1. The van der Waals surface area contributed by atoms with Gasteiger partial charge >= 0.3 is 12.0 Å². The van der Waals surface area contributed by atoms with Crippen LogP contribution in [-0.2, 0) is 10.2 Å². The number of carbonyl (C=O) groups excluding carboxylic acids is 1. The zero-order valence-corrected chi connectivity index (χ0v) is 16.9. The topological polar surface area (TPSA) is 87.5 Å². The van der Waals surface area contributed by atoms with E-state index in [1.54, 1.807) is 9.58 Å². The lowest BCUT2D eigenvalue weighted by Gasteiger charge is -2.30. The van der Waals surface area contributed by atoms with E-state index in [9.17, 15) is 9.59 Å². The fraction of sp³-hybridized carbons (Fsp3) is 0.476. The summed E-state index contributed by atoms with van der Waals surface area (Å²) in [6.45, 7) is 9.14. The lowest BCUT2D eigenvalue weighted by Crippen LogP contribution is -2.42. The summed E-state index contributed by atoms with van der Waals surface area (Å²) in [6, 6.07) is 9.64. The lowest BCUT2D eigenvalue weighted by atomic mass is 9.92. The molecule has 150 valence electrons. The summed E-state index contributed by atoms with van der Waals surface area (Å²) >= 11 is 0. The molecule has 3 rings (SSSR count). The molecule has 0 saturated carbocycles. The summed E-state index contributed by atoms with van der Waals surface area (Å²) in [5, 5.41) is 16.8. The van der Waals surface area contributed by atoms with Crippen molar-refractivity contribution in [1.82, 2.24) is 14.7 Å². The maximum absolute atomic E-state index is 12.8. The van der Waals surface area contributed by atoms with Gasteiger partial charge in [0.2, 0.25) is 0 Å². The molecule has 0 atom stereocenters. The zero-order chi connectivity index (χ0) is 20.5. The van der Waals surface area contributed by atoms with E-state index in [2.05, 4.69) is 26.1 Å². The van der Waals surface area contributed by atoms with Crippen molar-refractivity contribution in [3.05, 3.63) is 41.6 Å². The molecule has 0 bridgehead atoms. The number of carbonyl (C=O) groups is 2. The molecule has 2 N–H and O–H groups in total. The van der Waals surface area contributed by atoms with Crippen molar-refractivity contribution in [1.29, 1.82) is 0 Å². The normalized spacial score (nSPS) is 15.5. The highest BCUT2D eigenvalue weighted by Crippen LogP contribution is 2.27. The van der Waals surface area contributed by atoms with E-state index in [0.29, 0.717) is 31.7 Å². The molecule has 1 aliphatic heterocycles. The predicted octanol–water partition coefficient (Wildman–Crippen LogP) is 3.81. The quantitative estimate of drug-likeness (QED) is 0.842. The molecular formula is C21H28N4O3. The molecule has 0 spiro atoms. The molecule has 1 fully saturated rings. The number of nitrogens with zero attached hydrogens (tertiary/aromatic N) is 3. The molecule has 7 nitrogen and oxygen atoms in total. The van der Waals surface area contributed by atoms with Crippen LogP contribution in [0.15, 0.2) is 30.3 Å². The van der Waals surface area contributed by atoms with Gasteiger partial charge in [0.05, 0.1) is 17.3 Å². The van der Waals surface area contributed by atoms with E-state index in [0.717, 1.165) is 16.9 Å². The van der Waals surface area contributed by atoms with Crippen LogP contribution in [0.4, 0.5) is 10.6 Å². The Labute approximate surface area is 165 Å². The van der Waals surface area contributed by atoms with Crippen molar-refractivity contribution in [2.75, 3.05) is 18.4 Å². The van der Waals surface area contributed by atoms with Gasteiger partial charge in [-0.15, -0.1) is 0 Å². The van der Waals surface area contributed by atoms with Gasteiger partial charge in [-0.1, -0.05) is 32.9 Å². The van der Waals surface area contributed by atoms with Crippen LogP contribution in [0.3, 0.4) is 0 Å². The molecule has 2 heterocycles. The predicted molar refractivity (Wildman–Crippen MR) is 108 cm³/mol. The molecule has 7 heteroatoms. The largest absolute Gasteiger partial charge is 0.481 e. The number of aliphatic carboxylic acids is 1. The molecule has 2 aromatic rings. The van der Waals surface area contributed by atoms with Crippen LogP contribution in [0, 0.1) is 12.8 Å². The minimum absolute atomic E-state index is 0.158. The zero-order valence-electron chi connectivity index (χ0n) is 16.9. The number of carboxylic acids is 1. The van der Waals surface area contributed by atoms with Crippen molar-refractivity contribution in [3.8, 4) is 5.69 Å². The van der Waals surface area contributed by atoms with Crippen LogP contribution in [-0.4, -0.2) is 44.9 Å². The summed E-state index contributed by atoms with van der Waals surface area (Å²) in [5.41, 5.74) is 2.72. The van der Waals surface area contributed by atoms with Gasteiger partial charge in [-0.25, -0.2) is 9.48 Å². The van der Waals surface area contributed by atoms with Crippen LogP contribution in [0.2, 0.25) is 0 Å². The number of hydrogen-bond acceptors (Lipinski definition) is 3. The Bertz CT molecular complexity index is 874. The number of piperidine rings is 1. The van der Waals surface area contributed by atoms with Crippen molar-refractivity contribution in [3.63, 3.8) is 0 Å². The Hall–Kier alpha value is -2.83. The van der Waals surface area contributed by atoms with E-state index < -0.39 is 5.97 Å². The standard InChI is InChI=1S/C21H28N4O3/c1-14-6-5-7-16(12-14)25-18(13-17(23-25)21(2,3)4)22-20(28)24-10-8-15(9-11-24)19(26)27/h5-7,12-13,15H,8-11H2,1-4H3,(H,22,28)(H,26,27). The number of rotatable bonds is 3. The lowest BCUT2D eigenvalue weighted by molar-refractivity contribution is -0.143. The van der Waals surface area contributed by atoms with Crippen LogP contribution in [0.25, 0.3) is 5.69 Å². The van der Waals surface area contributed by atoms with Gasteiger partial charge in [-0.2, -0.15) is 5.10 Å². The molecule has 2 amide bonds. The smallest absolute Gasteiger partial charge is 0.323 e. The highest BCUT2D eigenvalue weighted by molar-refractivity contribution is 5.89. The van der Waals surface area contributed by atoms with Crippen molar-refractivity contribution < 1.29 is 14.7 Å². The first-order valence-corrected chi connectivity index (χ1v) is 9.61. The van der Waals surface area contributed by atoms with Gasteiger partial charge in [0.25, 0.3) is 0 Å². The summed E-state index contributed by atoms with van der Waals surface area (Å²) < 4.78 is 1.76. The van der Waals surface area contributed by atoms with E-state index in [1.165, 1.54) is 0 Å². The van der Waals surface area contributed by atoms with Gasteiger partial charge < -0.3 is 10.0 Å². The van der Waals surface area contributed by atoms with Crippen molar-refractivity contribution >= 4 is 17.8 Å². The fourth-order valence-corrected chi connectivity index (χ4v) is 3.31. The third-order valence-electron chi connectivity index (χ3n) is 5.09. The average Bonchev–Trinajstić information content (AvgIpc) is 3.06. The van der Waals surface area contributed by atoms with Gasteiger partial charge in [-0.05, 0) is 37.5 Å². The number of carboxylic acid groups (broad SMARTS) is 1. The Morgan fingerprint density at radius 1 is 1.18 bits per heavy atom. The van der Waals surface area contributed by atoms with Gasteiger partial charge in [0.1, 0.15) is 5.82 Å². The average molecular weight is 384 g/mol. The first kappa shape index (κ1) is 19.9. The molecule has 0 unspecified atom stereocenters. The second kappa shape index (κ2) is 7.66. The highest BCUT2D eigenvalue weighted by atomic mass is 16.4. The van der Waals surface area contributed by atoms with Crippen LogP contribution < -0.4 is 5.32 Å². The summed E-state index contributed by atoms with van der Waals surface area (Å²) in [4.78, 5) is 25.6. The summed E-state index contributed by atoms with van der Waals surface area (Å²) in [6.07, 6.45) is 0.959. The monoisotopic (exact) mass is 384 g/mol. The fourth-order valence-electron chi connectivity index (χ4n) is 3.31.